The second-order valence-corrected chi connectivity index (χ2v) is 10.4. The minimum Gasteiger partial charge on any atom is -0.496 e. The number of nitriles is 3. The summed E-state index contributed by atoms with van der Waals surface area (Å²) in [5.41, 5.74) is 4.00. The van der Waals surface area contributed by atoms with E-state index in [-0.39, 0.29) is 16.9 Å². The monoisotopic (exact) mass is 546 g/mol. The van der Waals surface area contributed by atoms with Crippen LogP contribution in [0.15, 0.2) is 71.0 Å². The zero-order chi connectivity index (χ0) is 29.8. The smallest absolute Gasteiger partial charge is 0.172 e. The lowest BCUT2D eigenvalue weighted by molar-refractivity contribution is 0.0954. The van der Waals surface area contributed by atoms with Crippen molar-refractivity contribution >= 4 is 23.9 Å². The van der Waals surface area contributed by atoms with Crippen molar-refractivity contribution in [3.05, 3.63) is 87.7 Å². The van der Waals surface area contributed by atoms with Crippen LogP contribution in [0.1, 0.15) is 70.1 Å². The van der Waals surface area contributed by atoms with Crippen LogP contribution in [-0.2, 0) is 4.74 Å². The standard InChI is InChI=1S/C35H38N4O2/c1-6-8-20-39(21-9-7-2)30-18-17-28(33(22-30)40-5)16-14-26-10-12-27(13-11-26)15-19-32-31(25-38)34(29(23-36)24-37)41-35(32,3)4/h10-19,22H,6-9,20-21H2,1-5H3. The third kappa shape index (κ3) is 7.69. The molecule has 0 saturated heterocycles. The summed E-state index contributed by atoms with van der Waals surface area (Å²) in [5.74, 6) is 0.893. The van der Waals surface area contributed by atoms with E-state index < -0.39 is 5.60 Å². The molecule has 0 atom stereocenters. The maximum atomic E-state index is 9.72. The molecule has 0 spiro atoms. The number of benzene rings is 2. The van der Waals surface area contributed by atoms with Crippen molar-refractivity contribution in [1.29, 1.82) is 15.8 Å². The molecule has 0 radical (unpaired) electrons. The van der Waals surface area contributed by atoms with Crippen LogP contribution in [0, 0.1) is 34.0 Å². The summed E-state index contributed by atoms with van der Waals surface area (Å²) < 4.78 is 11.6. The van der Waals surface area contributed by atoms with E-state index in [0.717, 1.165) is 35.5 Å². The Bertz CT molecular complexity index is 1450. The first kappa shape index (κ1) is 30.8. The fourth-order valence-corrected chi connectivity index (χ4v) is 4.67. The van der Waals surface area contributed by atoms with Crippen LogP contribution in [0.4, 0.5) is 5.69 Å². The average molecular weight is 547 g/mol. The van der Waals surface area contributed by atoms with E-state index in [1.165, 1.54) is 31.4 Å². The molecule has 3 rings (SSSR count). The lowest BCUT2D eigenvalue weighted by Crippen LogP contribution is -2.25. The highest BCUT2D eigenvalue weighted by atomic mass is 16.5. The van der Waals surface area contributed by atoms with Gasteiger partial charge in [0.15, 0.2) is 11.3 Å². The van der Waals surface area contributed by atoms with Gasteiger partial charge < -0.3 is 14.4 Å². The molecule has 0 saturated carbocycles. The zero-order valence-electron chi connectivity index (χ0n) is 24.7. The molecule has 6 nitrogen and oxygen atoms in total. The molecule has 6 heteroatoms. The molecule has 41 heavy (non-hydrogen) atoms. The maximum absolute atomic E-state index is 9.72. The van der Waals surface area contributed by atoms with E-state index in [1.54, 1.807) is 7.11 Å². The predicted molar refractivity (Wildman–Crippen MR) is 165 cm³/mol. The number of unbranched alkanes of at least 4 members (excludes halogenated alkanes) is 2. The van der Waals surface area contributed by atoms with E-state index in [1.807, 2.05) is 62.4 Å². The van der Waals surface area contributed by atoms with Gasteiger partial charge >= 0.3 is 0 Å². The molecule has 1 heterocycles. The first-order chi connectivity index (χ1) is 19.8. The molecule has 1 aliphatic rings. The van der Waals surface area contributed by atoms with E-state index in [4.69, 9.17) is 9.47 Å². The fraction of sp³-hybridized carbons (Fsp3) is 0.343. The van der Waals surface area contributed by atoms with E-state index in [2.05, 4.69) is 55.2 Å². The summed E-state index contributed by atoms with van der Waals surface area (Å²) in [4.78, 5) is 2.45. The first-order valence-corrected chi connectivity index (χ1v) is 14.1. The van der Waals surface area contributed by atoms with Gasteiger partial charge in [-0.15, -0.1) is 0 Å². The first-order valence-electron chi connectivity index (χ1n) is 14.1. The Hall–Kier alpha value is -4.73. The van der Waals surface area contributed by atoms with Gasteiger partial charge in [0, 0.05) is 36.0 Å². The summed E-state index contributed by atoms with van der Waals surface area (Å²) in [7, 11) is 1.71. The van der Waals surface area contributed by atoms with Gasteiger partial charge in [-0.05, 0) is 49.9 Å². The third-order valence-corrected chi connectivity index (χ3v) is 7.04. The quantitative estimate of drug-likeness (QED) is 0.197. The number of anilines is 1. The van der Waals surface area contributed by atoms with E-state index in [9.17, 15) is 15.8 Å². The van der Waals surface area contributed by atoms with Crippen molar-refractivity contribution in [1.82, 2.24) is 0 Å². The number of hydrogen-bond acceptors (Lipinski definition) is 6. The maximum Gasteiger partial charge on any atom is 0.172 e. The number of ether oxygens (including phenoxy) is 2. The van der Waals surface area contributed by atoms with Crippen LogP contribution < -0.4 is 9.64 Å². The summed E-state index contributed by atoms with van der Waals surface area (Å²) in [6, 6.07) is 20.2. The molecule has 2 aromatic carbocycles. The van der Waals surface area contributed by atoms with Gasteiger partial charge in [-0.2, -0.15) is 15.8 Å². The highest BCUT2D eigenvalue weighted by Crippen LogP contribution is 2.40. The van der Waals surface area contributed by atoms with Crippen molar-refractivity contribution in [3.63, 3.8) is 0 Å². The normalized spacial score (nSPS) is 14.0. The van der Waals surface area contributed by atoms with Crippen molar-refractivity contribution in [2.45, 2.75) is 59.0 Å². The molecular weight excluding hydrogens is 508 g/mol. The number of rotatable bonds is 12. The van der Waals surface area contributed by atoms with Crippen LogP contribution in [0.3, 0.4) is 0 Å². The predicted octanol–water partition coefficient (Wildman–Crippen LogP) is 8.22. The number of hydrogen-bond donors (Lipinski definition) is 0. The molecule has 1 aliphatic heterocycles. The topological polar surface area (TPSA) is 93.1 Å². The van der Waals surface area contributed by atoms with Gasteiger partial charge in [0.05, 0.1) is 7.11 Å². The van der Waals surface area contributed by atoms with Gasteiger partial charge in [0.2, 0.25) is 0 Å². The molecule has 0 aliphatic carbocycles. The van der Waals surface area contributed by atoms with E-state index in [0.29, 0.717) is 5.57 Å². The minimum atomic E-state index is -0.837. The molecule has 0 fully saturated rings. The Labute approximate surface area is 244 Å². The molecule has 0 N–H and O–H groups in total. The van der Waals surface area contributed by atoms with Crippen molar-refractivity contribution in [2.75, 3.05) is 25.1 Å². The van der Waals surface area contributed by atoms with Crippen LogP contribution in [-0.4, -0.2) is 25.8 Å². The second-order valence-electron chi connectivity index (χ2n) is 10.4. The van der Waals surface area contributed by atoms with Crippen molar-refractivity contribution in [2.24, 2.45) is 0 Å². The molecule has 2 aromatic rings. The van der Waals surface area contributed by atoms with Crippen LogP contribution in [0.2, 0.25) is 0 Å². The number of allylic oxidation sites excluding steroid dienone is 2. The molecule has 0 amide bonds. The lowest BCUT2D eigenvalue weighted by Gasteiger charge is -2.25. The summed E-state index contributed by atoms with van der Waals surface area (Å²) in [5, 5.41) is 28.2. The van der Waals surface area contributed by atoms with Crippen LogP contribution in [0.25, 0.3) is 18.2 Å². The lowest BCUT2D eigenvalue weighted by atomic mass is 9.94. The average Bonchev–Trinajstić information content (AvgIpc) is 3.25. The van der Waals surface area contributed by atoms with E-state index >= 15 is 0 Å². The minimum absolute atomic E-state index is 0.0423. The Morgan fingerprint density at radius 2 is 1.46 bits per heavy atom. The van der Waals surface area contributed by atoms with Gasteiger partial charge in [-0.25, -0.2) is 0 Å². The highest BCUT2D eigenvalue weighted by Gasteiger charge is 2.38. The second kappa shape index (κ2) is 14.6. The zero-order valence-corrected chi connectivity index (χ0v) is 24.7. The van der Waals surface area contributed by atoms with Crippen LogP contribution >= 0.6 is 0 Å². The number of methoxy groups -OCH3 is 1. The highest BCUT2D eigenvalue weighted by molar-refractivity contribution is 5.75. The summed E-state index contributed by atoms with van der Waals surface area (Å²) in [6.07, 6.45) is 12.5. The molecular formula is C35H38N4O2. The Kier molecular flexibility index (Phi) is 11.0. The summed E-state index contributed by atoms with van der Waals surface area (Å²) >= 11 is 0. The number of nitrogens with zero attached hydrogens (tertiary/aromatic N) is 4. The molecule has 0 bridgehead atoms. The van der Waals surface area contributed by atoms with Gasteiger partial charge in [0.25, 0.3) is 0 Å². The fourth-order valence-electron chi connectivity index (χ4n) is 4.67. The summed E-state index contributed by atoms with van der Waals surface area (Å²) in [6.45, 7) is 10.2. The Morgan fingerprint density at radius 3 is 1.98 bits per heavy atom. The third-order valence-electron chi connectivity index (χ3n) is 7.04. The largest absolute Gasteiger partial charge is 0.496 e. The van der Waals surface area contributed by atoms with Gasteiger partial charge in [-0.3, -0.25) is 0 Å². The van der Waals surface area contributed by atoms with Gasteiger partial charge in [0.1, 0.15) is 35.1 Å². The van der Waals surface area contributed by atoms with Gasteiger partial charge in [-0.1, -0.05) is 75.3 Å². The Morgan fingerprint density at radius 1 is 0.878 bits per heavy atom. The van der Waals surface area contributed by atoms with Crippen molar-refractivity contribution in [3.8, 4) is 24.0 Å². The van der Waals surface area contributed by atoms with Crippen molar-refractivity contribution < 1.29 is 9.47 Å². The molecule has 0 aromatic heterocycles. The molecule has 210 valence electrons. The van der Waals surface area contributed by atoms with Crippen LogP contribution in [0.5, 0.6) is 5.75 Å². The molecule has 0 unspecified atom stereocenters. The SMILES string of the molecule is CCCCN(CCCC)c1ccc(C=Cc2ccc(C=CC3=C(C#N)C(=C(C#N)C#N)OC3(C)C)cc2)c(OC)c1. The Balaban J connectivity index is 1.79.